The SMILES string of the molecule is Brc1c(-c2nc(-c3ccccc3)nc(-c3ccccc3)n2)ccc2ccccc12.OB(O)c1ccc(-c2ccccn2)cc1.c1ccc(-c2nc(-c3ccccc3)nc(-c3ccc4ccccc4c3-c3ccc(-c4ccccn4)cc3)n2)cc1. The van der Waals surface area contributed by atoms with Gasteiger partial charge in [0.05, 0.1) is 11.4 Å². The zero-order valence-electron chi connectivity index (χ0n) is 45.1. The van der Waals surface area contributed by atoms with Crippen LogP contribution in [0.2, 0.25) is 0 Å². The molecule has 4 aromatic heterocycles. The Hall–Kier alpha value is -10.5. The number of nitrogens with zero attached hydrogens (tertiary/aromatic N) is 8. The van der Waals surface area contributed by atoms with Gasteiger partial charge in [0.15, 0.2) is 34.9 Å². The molecule has 12 heteroatoms. The molecule has 10 aromatic carbocycles. The third-order valence-electron chi connectivity index (χ3n) is 14.0. The van der Waals surface area contributed by atoms with Crippen LogP contribution in [0.5, 0.6) is 0 Å². The van der Waals surface area contributed by atoms with E-state index in [0.717, 1.165) is 87.7 Å². The lowest BCUT2D eigenvalue weighted by Gasteiger charge is -2.15. The number of aromatic nitrogens is 8. The summed E-state index contributed by atoms with van der Waals surface area (Å²) < 4.78 is 0.986. The van der Waals surface area contributed by atoms with Gasteiger partial charge in [0.25, 0.3) is 0 Å². The van der Waals surface area contributed by atoms with Crippen molar-refractivity contribution < 1.29 is 10.0 Å². The van der Waals surface area contributed by atoms with Crippen molar-refractivity contribution in [2.45, 2.75) is 0 Å². The number of benzene rings is 10. The Morgan fingerprint density at radius 2 is 0.619 bits per heavy atom. The maximum absolute atomic E-state index is 8.93. The molecular weight excluding hydrogens is 1100 g/mol. The molecule has 0 unspecified atom stereocenters. The lowest BCUT2D eigenvalue weighted by molar-refractivity contribution is 0.426. The summed E-state index contributed by atoms with van der Waals surface area (Å²) in [6.07, 6.45) is 3.55. The summed E-state index contributed by atoms with van der Waals surface area (Å²) in [6, 6.07) is 92.5. The van der Waals surface area contributed by atoms with Crippen molar-refractivity contribution in [2.24, 2.45) is 0 Å². The monoisotopic (exact) mass is 1150 g/mol. The van der Waals surface area contributed by atoms with Crippen LogP contribution < -0.4 is 5.46 Å². The Balaban J connectivity index is 0.000000137. The molecule has 14 rings (SSSR count). The van der Waals surface area contributed by atoms with E-state index in [-0.39, 0.29) is 0 Å². The molecule has 0 aliphatic carbocycles. The Bertz CT molecular complexity index is 4380. The van der Waals surface area contributed by atoms with Crippen LogP contribution in [0.15, 0.2) is 296 Å². The Labute approximate surface area is 495 Å². The first-order valence-corrected chi connectivity index (χ1v) is 28.0. The second-order valence-corrected chi connectivity index (χ2v) is 20.2. The molecule has 0 bridgehead atoms. The van der Waals surface area contributed by atoms with Gasteiger partial charge in [0.2, 0.25) is 0 Å². The van der Waals surface area contributed by atoms with E-state index in [4.69, 9.17) is 40.0 Å². The molecular formula is C72H50BBrN8O2. The molecule has 4 heterocycles. The van der Waals surface area contributed by atoms with E-state index in [1.807, 2.05) is 188 Å². The lowest BCUT2D eigenvalue weighted by atomic mass is 9.80. The molecule has 0 saturated carbocycles. The second kappa shape index (κ2) is 25.5. The number of rotatable bonds is 10. The molecule has 10 nitrogen and oxygen atoms in total. The molecule has 14 aromatic rings. The minimum Gasteiger partial charge on any atom is -0.423 e. The number of hydrogen-bond acceptors (Lipinski definition) is 10. The summed E-state index contributed by atoms with van der Waals surface area (Å²) in [5.74, 6) is 3.91. The van der Waals surface area contributed by atoms with Crippen molar-refractivity contribution in [1.29, 1.82) is 0 Å². The molecule has 0 radical (unpaired) electrons. The minimum atomic E-state index is -1.41. The summed E-state index contributed by atoms with van der Waals surface area (Å²) in [7, 11) is -1.41. The van der Waals surface area contributed by atoms with Gasteiger partial charge in [-0.1, -0.05) is 243 Å². The number of pyridine rings is 2. The van der Waals surface area contributed by atoms with Crippen LogP contribution in [0, 0.1) is 0 Å². The highest BCUT2D eigenvalue weighted by atomic mass is 79.9. The van der Waals surface area contributed by atoms with Crippen molar-refractivity contribution in [3.63, 3.8) is 0 Å². The highest BCUT2D eigenvalue weighted by Gasteiger charge is 2.19. The van der Waals surface area contributed by atoms with Crippen LogP contribution in [0.3, 0.4) is 0 Å². The molecule has 0 aliphatic rings. The van der Waals surface area contributed by atoms with Crippen molar-refractivity contribution in [1.82, 2.24) is 39.9 Å². The van der Waals surface area contributed by atoms with Gasteiger partial charge in [0, 0.05) is 66.9 Å². The molecule has 0 saturated heterocycles. The standard InChI is InChI=1S/C36H24N4.C25H16BrN3.C11H10BNO2/c1-3-12-28(13-4-1)34-38-35(29-14-5-2-6-15-29)40-36(39-34)31-23-22-25-11-7-8-16-30(25)33(31)27-20-18-26(19-21-27)32-17-9-10-24-37-32;26-22-20-14-8-7-9-17(20)15-16-21(22)25-28-23(18-10-3-1-4-11-18)27-24(29-25)19-12-5-2-6-13-19;14-12(15)10-6-4-9(5-7-10)11-3-1-2-8-13-11/h1-24H;1-16H;1-8,14-15H. The number of fused-ring (bicyclic) bond motifs is 2. The van der Waals surface area contributed by atoms with Crippen molar-refractivity contribution >= 4 is 50.1 Å². The van der Waals surface area contributed by atoms with E-state index >= 15 is 0 Å². The predicted molar refractivity (Wildman–Crippen MR) is 343 cm³/mol. The van der Waals surface area contributed by atoms with Gasteiger partial charge in [-0.2, -0.15) is 0 Å². The molecule has 0 amide bonds. The smallest absolute Gasteiger partial charge is 0.423 e. The topological polar surface area (TPSA) is 144 Å². The van der Waals surface area contributed by atoms with Gasteiger partial charge in [-0.25, -0.2) is 29.9 Å². The van der Waals surface area contributed by atoms with Gasteiger partial charge >= 0.3 is 7.12 Å². The predicted octanol–water partition coefficient (Wildman–Crippen LogP) is 16.0. The van der Waals surface area contributed by atoms with Crippen LogP contribution in [0.1, 0.15) is 0 Å². The van der Waals surface area contributed by atoms with E-state index in [2.05, 4.69) is 111 Å². The number of halogens is 1. The molecule has 0 spiro atoms. The van der Waals surface area contributed by atoms with Gasteiger partial charge < -0.3 is 10.0 Å². The Morgan fingerprint density at radius 3 is 1.05 bits per heavy atom. The third kappa shape index (κ3) is 12.4. The van der Waals surface area contributed by atoms with Gasteiger partial charge in [-0.05, 0) is 84.9 Å². The zero-order valence-corrected chi connectivity index (χ0v) is 46.7. The van der Waals surface area contributed by atoms with E-state index in [1.54, 1.807) is 18.3 Å². The average molecular weight is 1150 g/mol. The van der Waals surface area contributed by atoms with Crippen molar-refractivity contribution in [3.05, 3.63) is 296 Å². The van der Waals surface area contributed by atoms with Crippen LogP contribution in [-0.4, -0.2) is 57.0 Å². The normalized spacial score (nSPS) is 10.8. The third-order valence-corrected chi connectivity index (χ3v) is 14.8. The number of hydrogen-bond donors (Lipinski definition) is 2. The maximum Gasteiger partial charge on any atom is 0.488 e. The molecule has 0 aliphatic heterocycles. The van der Waals surface area contributed by atoms with E-state index in [9.17, 15) is 0 Å². The van der Waals surface area contributed by atoms with Crippen LogP contribution in [-0.2, 0) is 0 Å². The largest absolute Gasteiger partial charge is 0.488 e. The van der Waals surface area contributed by atoms with E-state index in [1.165, 1.54) is 5.39 Å². The minimum absolute atomic E-state index is 0.481. The highest BCUT2D eigenvalue weighted by molar-refractivity contribution is 9.10. The fraction of sp³-hybridized carbons (Fsp3) is 0. The maximum atomic E-state index is 8.93. The van der Waals surface area contributed by atoms with E-state index < -0.39 is 7.12 Å². The average Bonchev–Trinajstić information content (AvgIpc) is 3.32. The van der Waals surface area contributed by atoms with Crippen LogP contribution in [0.4, 0.5) is 0 Å². The fourth-order valence-corrected chi connectivity index (χ4v) is 10.4. The quantitative estimate of drug-likeness (QED) is 0.127. The van der Waals surface area contributed by atoms with Crippen LogP contribution in [0.25, 0.3) is 124 Å². The van der Waals surface area contributed by atoms with Crippen molar-refractivity contribution in [3.8, 4) is 102 Å². The first-order valence-electron chi connectivity index (χ1n) is 27.2. The van der Waals surface area contributed by atoms with E-state index in [0.29, 0.717) is 40.4 Å². The van der Waals surface area contributed by atoms with Crippen LogP contribution >= 0.6 is 15.9 Å². The Morgan fingerprint density at radius 1 is 0.274 bits per heavy atom. The highest BCUT2D eigenvalue weighted by Crippen LogP contribution is 2.39. The molecule has 0 fully saturated rings. The molecule has 2 N–H and O–H groups in total. The van der Waals surface area contributed by atoms with Gasteiger partial charge in [0.1, 0.15) is 0 Å². The summed E-state index contributed by atoms with van der Waals surface area (Å²) in [5, 5.41) is 22.5. The zero-order chi connectivity index (χ0) is 57.0. The molecule has 400 valence electrons. The van der Waals surface area contributed by atoms with Crippen molar-refractivity contribution in [2.75, 3.05) is 0 Å². The summed E-state index contributed by atoms with van der Waals surface area (Å²) in [4.78, 5) is 38.0. The first kappa shape index (κ1) is 54.1. The second-order valence-electron chi connectivity index (χ2n) is 19.4. The lowest BCUT2D eigenvalue weighted by Crippen LogP contribution is -2.29. The first-order chi connectivity index (χ1) is 41.4. The fourth-order valence-electron chi connectivity index (χ4n) is 9.73. The summed E-state index contributed by atoms with van der Waals surface area (Å²) in [5.41, 5.74) is 12.2. The van der Waals surface area contributed by atoms with Gasteiger partial charge in [-0.3, -0.25) is 9.97 Å². The molecule has 0 atom stereocenters. The summed E-state index contributed by atoms with van der Waals surface area (Å²) in [6.45, 7) is 0. The molecule has 84 heavy (non-hydrogen) atoms. The van der Waals surface area contributed by atoms with Gasteiger partial charge in [-0.15, -0.1) is 0 Å². The summed E-state index contributed by atoms with van der Waals surface area (Å²) >= 11 is 3.78. The Kier molecular flexibility index (Phi) is 16.4.